The van der Waals surface area contributed by atoms with Crippen LogP contribution < -0.4 is 9.46 Å². The minimum atomic E-state index is -3.60. The predicted molar refractivity (Wildman–Crippen MR) is 81.5 cm³/mol. The van der Waals surface area contributed by atoms with E-state index in [1.165, 1.54) is 6.07 Å². The fourth-order valence-corrected chi connectivity index (χ4v) is 3.88. The normalized spacial score (nSPS) is 18.9. The summed E-state index contributed by atoms with van der Waals surface area (Å²) in [5.41, 5.74) is 0.600. The molecule has 21 heavy (non-hydrogen) atoms. The number of rotatable bonds is 6. The van der Waals surface area contributed by atoms with Crippen LogP contribution in [0.3, 0.4) is 0 Å². The molecule has 0 saturated carbocycles. The maximum atomic E-state index is 12.4. The van der Waals surface area contributed by atoms with Crippen molar-refractivity contribution in [1.82, 2.24) is 4.72 Å². The molecule has 118 valence electrons. The molecule has 1 atom stereocenters. The lowest BCUT2D eigenvalue weighted by atomic mass is 10.2. The molecule has 1 aliphatic rings. The molecule has 0 spiro atoms. The summed E-state index contributed by atoms with van der Waals surface area (Å²) in [6.07, 6.45) is 1.81. The molecular weight excluding hydrogens is 314 g/mol. The van der Waals surface area contributed by atoms with Gasteiger partial charge in [-0.15, -0.1) is 0 Å². The Hall–Kier alpha value is -0.820. The smallest absolute Gasteiger partial charge is 0.240 e. The summed E-state index contributed by atoms with van der Waals surface area (Å²) in [7, 11) is -3.60. The van der Waals surface area contributed by atoms with Crippen molar-refractivity contribution in [3.8, 4) is 5.75 Å². The molecule has 1 aliphatic heterocycles. The van der Waals surface area contributed by atoms with Crippen LogP contribution in [0.5, 0.6) is 5.75 Å². The minimum absolute atomic E-state index is 0.0433. The van der Waals surface area contributed by atoms with E-state index in [1.54, 1.807) is 13.0 Å². The number of aryl methyl sites for hydroxylation is 1. The number of nitrogens with one attached hydrogen (secondary N) is 1. The van der Waals surface area contributed by atoms with Crippen molar-refractivity contribution in [1.29, 1.82) is 0 Å². The first kappa shape index (κ1) is 16.5. The molecule has 0 radical (unpaired) electrons. The average molecular weight is 334 g/mol. The summed E-state index contributed by atoms with van der Waals surface area (Å²) in [5.74, 6) is 0.495. The van der Waals surface area contributed by atoms with Gasteiger partial charge >= 0.3 is 0 Å². The first-order valence-electron chi connectivity index (χ1n) is 6.98. The van der Waals surface area contributed by atoms with Crippen molar-refractivity contribution < 1.29 is 17.9 Å². The number of hydrogen-bond donors (Lipinski definition) is 1. The van der Waals surface area contributed by atoms with Gasteiger partial charge in [0.25, 0.3) is 0 Å². The molecule has 2 rings (SSSR count). The van der Waals surface area contributed by atoms with Crippen molar-refractivity contribution in [2.24, 2.45) is 0 Å². The van der Waals surface area contributed by atoms with E-state index in [2.05, 4.69) is 4.72 Å². The van der Waals surface area contributed by atoms with Gasteiger partial charge in [-0.3, -0.25) is 0 Å². The van der Waals surface area contributed by atoms with Crippen molar-refractivity contribution >= 4 is 21.6 Å². The lowest BCUT2D eigenvalue weighted by Crippen LogP contribution is -2.32. The topological polar surface area (TPSA) is 64.6 Å². The van der Waals surface area contributed by atoms with Gasteiger partial charge in [0.05, 0.1) is 22.6 Å². The summed E-state index contributed by atoms with van der Waals surface area (Å²) in [5, 5.41) is 0.292. The molecule has 1 unspecified atom stereocenters. The zero-order chi connectivity index (χ0) is 15.5. The van der Waals surface area contributed by atoms with Crippen LogP contribution in [0.4, 0.5) is 0 Å². The summed E-state index contributed by atoms with van der Waals surface area (Å²) in [6.45, 7) is 5.02. The van der Waals surface area contributed by atoms with Crippen LogP contribution in [0.15, 0.2) is 17.0 Å². The van der Waals surface area contributed by atoms with E-state index >= 15 is 0 Å². The Bertz CT molecular complexity index is 597. The van der Waals surface area contributed by atoms with Gasteiger partial charge in [-0.05, 0) is 44.4 Å². The molecule has 7 heteroatoms. The van der Waals surface area contributed by atoms with Crippen molar-refractivity contribution in [2.75, 3.05) is 19.8 Å². The zero-order valence-electron chi connectivity index (χ0n) is 12.2. The van der Waals surface area contributed by atoms with E-state index in [0.29, 0.717) is 29.5 Å². The van der Waals surface area contributed by atoms with Gasteiger partial charge in [-0.25, -0.2) is 13.1 Å². The molecule has 1 fully saturated rings. The van der Waals surface area contributed by atoms with Crippen molar-refractivity contribution in [3.63, 3.8) is 0 Å². The standard InChI is InChI=1S/C14H20ClNO4S/c1-3-19-13-7-10(2)14(8-12(13)15)21(17,18)16-9-11-5-4-6-20-11/h7-8,11,16H,3-6,9H2,1-2H3. The molecule has 0 bridgehead atoms. The number of hydrogen-bond acceptors (Lipinski definition) is 4. The third kappa shape index (κ3) is 4.10. The molecule has 0 amide bonds. The predicted octanol–water partition coefficient (Wildman–Crippen LogP) is 2.50. The monoisotopic (exact) mass is 333 g/mol. The van der Waals surface area contributed by atoms with Gasteiger partial charge in [-0.2, -0.15) is 0 Å². The summed E-state index contributed by atoms with van der Waals surface area (Å²) < 4.78 is 38.1. The van der Waals surface area contributed by atoms with Gasteiger partial charge in [0.1, 0.15) is 5.75 Å². The van der Waals surface area contributed by atoms with Crippen LogP contribution in [0.25, 0.3) is 0 Å². The van der Waals surface area contributed by atoms with Crippen LogP contribution in [-0.4, -0.2) is 34.3 Å². The number of benzene rings is 1. The highest BCUT2D eigenvalue weighted by Gasteiger charge is 2.22. The second kappa shape index (κ2) is 6.96. The van der Waals surface area contributed by atoms with Crippen LogP contribution in [0, 0.1) is 6.92 Å². The number of ether oxygens (including phenoxy) is 2. The van der Waals surface area contributed by atoms with E-state index in [1.807, 2.05) is 6.92 Å². The van der Waals surface area contributed by atoms with E-state index in [0.717, 1.165) is 12.8 Å². The van der Waals surface area contributed by atoms with Gasteiger partial charge in [0.2, 0.25) is 10.0 Å². The van der Waals surface area contributed by atoms with Crippen LogP contribution in [0.1, 0.15) is 25.3 Å². The molecule has 1 heterocycles. The molecule has 1 aromatic carbocycles. The van der Waals surface area contributed by atoms with Gasteiger partial charge in [0.15, 0.2) is 0 Å². The Morgan fingerprint density at radius 3 is 2.86 bits per heavy atom. The molecule has 5 nitrogen and oxygen atoms in total. The highest BCUT2D eigenvalue weighted by Crippen LogP contribution is 2.30. The molecule has 1 N–H and O–H groups in total. The van der Waals surface area contributed by atoms with Gasteiger partial charge < -0.3 is 9.47 Å². The first-order chi connectivity index (χ1) is 9.94. The Morgan fingerprint density at radius 1 is 1.48 bits per heavy atom. The Balaban J connectivity index is 2.16. The van der Waals surface area contributed by atoms with Crippen LogP contribution in [0.2, 0.25) is 5.02 Å². The average Bonchev–Trinajstić information content (AvgIpc) is 2.94. The fraction of sp³-hybridized carbons (Fsp3) is 0.571. The maximum Gasteiger partial charge on any atom is 0.240 e. The Kier molecular flexibility index (Phi) is 5.48. The number of sulfonamides is 1. The maximum absolute atomic E-state index is 12.4. The fourth-order valence-electron chi connectivity index (χ4n) is 2.28. The summed E-state index contributed by atoms with van der Waals surface area (Å²) in [6, 6.07) is 3.08. The second-order valence-corrected chi connectivity index (χ2v) is 7.11. The van der Waals surface area contributed by atoms with Crippen molar-refractivity contribution in [2.45, 2.75) is 37.7 Å². The quantitative estimate of drug-likeness (QED) is 0.868. The van der Waals surface area contributed by atoms with Crippen molar-refractivity contribution in [3.05, 3.63) is 22.7 Å². The summed E-state index contributed by atoms with van der Waals surface area (Å²) in [4.78, 5) is 0.175. The number of halogens is 1. The highest BCUT2D eigenvalue weighted by atomic mass is 35.5. The van der Waals surface area contributed by atoms with E-state index < -0.39 is 10.0 Å². The largest absolute Gasteiger partial charge is 0.492 e. The van der Waals surface area contributed by atoms with Crippen LogP contribution in [-0.2, 0) is 14.8 Å². The highest BCUT2D eigenvalue weighted by molar-refractivity contribution is 7.89. The molecule has 1 aromatic rings. The van der Waals surface area contributed by atoms with E-state index in [-0.39, 0.29) is 17.5 Å². The lowest BCUT2D eigenvalue weighted by Gasteiger charge is -2.14. The third-order valence-electron chi connectivity index (χ3n) is 3.34. The molecule has 0 aromatic heterocycles. The van der Waals surface area contributed by atoms with E-state index in [9.17, 15) is 8.42 Å². The zero-order valence-corrected chi connectivity index (χ0v) is 13.8. The SMILES string of the molecule is CCOc1cc(C)c(S(=O)(=O)NCC2CCCO2)cc1Cl. The van der Waals surface area contributed by atoms with E-state index in [4.69, 9.17) is 21.1 Å². The van der Waals surface area contributed by atoms with Crippen LogP contribution >= 0.6 is 11.6 Å². The second-order valence-electron chi connectivity index (χ2n) is 4.97. The molecule has 1 saturated heterocycles. The molecule has 0 aliphatic carbocycles. The lowest BCUT2D eigenvalue weighted by molar-refractivity contribution is 0.114. The Morgan fingerprint density at radius 2 is 2.24 bits per heavy atom. The Labute approximate surface area is 130 Å². The third-order valence-corrected chi connectivity index (χ3v) is 5.20. The molecular formula is C14H20ClNO4S. The first-order valence-corrected chi connectivity index (χ1v) is 8.84. The minimum Gasteiger partial charge on any atom is -0.492 e. The van der Waals surface area contributed by atoms with Gasteiger partial charge in [-0.1, -0.05) is 11.6 Å². The summed E-state index contributed by atoms with van der Waals surface area (Å²) >= 11 is 6.07. The van der Waals surface area contributed by atoms with Gasteiger partial charge in [0, 0.05) is 13.2 Å².